The summed E-state index contributed by atoms with van der Waals surface area (Å²) in [6, 6.07) is 0. The van der Waals surface area contributed by atoms with E-state index in [2.05, 4.69) is 19.2 Å². The Labute approximate surface area is 76.7 Å². The average Bonchev–Trinajstić information content (AvgIpc) is 2.02. The van der Waals surface area contributed by atoms with Crippen molar-refractivity contribution in [1.29, 1.82) is 0 Å². The van der Waals surface area contributed by atoms with Crippen LogP contribution in [0.3, 0.4) is 0 Å². The summed E-state index contributed by atoms with van der Waals surface area (Å²) < 4.78 is 5.23. The van der Waals surface area contributed by atoms with Gasteiger partial charge in [0, 0.05) is 7.11 Å². The van der Waals surface area contributed by atoms with Gasteiger partial charge in [-0.2, -0.15) is 0 Å². The third kappa shape index (κ3) is 4.73. The molecule has 2 heteroatoms. The van der Waals surface area contributed by atoms with Crippen LogP contribution in [0.2, 0.25) is 0 Å². The highest BCUT2D eigenvalue weighted by molar-refractivity contribution is 4.73. The molecule has 12 heavy (non-hydrogen) atoms. The smallest absolute Gasteiger partial charge is 0.0516 e. The topological polar surface area (TPSA) is 21.3 Å². The molecule has 0 aromatic heterocycles. The van der Waals surface area contributed by atoms with E-state index < -0.39 is 0 Å². The molecule has 1 N–H and O–H groups in total. The molecule has 0 aliphatic heterocycles. The lowest BCUT2D eigenvalue weighted by Crippen LogP contribution is -2.27. The molecule has 0 bridgehead atoms. The molecular formula is C10H23NO. The fourth-order valence-corrected chi connectivity index (χ4v) is 1.65. The van der Waals surface area contributed by atoms with Gasteiger partial charge < -0.3 is 10.1 Å². The Bertz CT molecular complexity index is 98.0. The third-order valence-corrected chi connectivity index (χ3v) is 2.32. The van der Waals surface area contributed by atoms with Crippen LogP contribution in [-0.4, -0.2) is 27.3 Å². The highest BCUT2D eigenvalue weighted by Gasteiger charge is 2.22. The predicted molar refractivity (Wildman–Crippen MR) is 53.4 cm³/mol. The second-order valence-electron chi connectivity index (χ2n) is 3.85. The van der Waals surface area contributed by atoms with Crippen LogP contribution < -0.4 is 5.32 Å². The van der Waals surface area contributed by atoms with Crippen molar-refractivity contribution in [3.63, 3.8) is 0 Å². The number of nitrogens with one attached hydrogen (secondary N) is 1. The largest absolute Gasteiger partial charge is 0.384 e. The number of ether oxygens (including phenoxy) is 1. The summed E-state index contributed by atoms with van der Waals surface area (Å²) in [5.74, 6) is 0. The van der Waals surface area contributed by atoms with E-state index in [4.69, 9.17) is 4.74 Å². The quantitative estimate of drug-likeness (QED) is 0.636. The molecule has 0 aliphatic rings. The number of rotatable bonds is 7. The molecule has 0 heterocycles. The van der Waals surface area contributed by atoms with Gasteiger partial charge in [0.05, 0.1) is 6.61 Å². The molecule has 0 aromatic rings. The summed E-state index contributed by atoms with van der Waals surface area (Å²) in [6.45, 7) is 6.49. The van der Waals surface area contributed by atoms with Crippen LogP contribution in [0.15, 0.2) is 0 Å². The maximum Gasteiger partial charge on any atom is 0.0516 e. The van der Waals surface area contributed by atoms with Crippen molar-refractivity contribution in [3.05, 3.63) is 0 Å². The molecule has 0 aromatic carbocycles. The van der Waals surface area contributed by atoms with Crippen molar-refractivity contribution in [3.8, 4) is 0 Å². The van der Waals surface area contributed by atoms with Crippen LogP contribution >= 0.6 is 0 Å². The zero-order valence-corrected chi connectivity index (χ0v) is 8.94. The highest BCUT2D eigenvalue weighted by atomic mass is 16.5. The maximum atomic E-state index is 5.23. The molecule has 0 rings (SSSR count). The molecule has 0 amide bonds. The first kappa shape index (κ1) is 11.9. The van der Waals surface area contributed by atoms with Crippen molar-refractivity contribution in [2.24, 2.45) is 5.41 Å². The Kier molecular flexibility index (Phi) is 6.39. The van der Waals surface area contributed by atoms with Crippen molar-refractivity contribution < 1.29 is 4.74 Å². The van der Waals surface area contributed by atoms with Crippen molar-refractivity contribution in [2.75, 3.05) is 27.3 Å². The van der Waals surface area contributed by atoms with Gasteiger partial charge in [0.2, 0.25) is 0 Å². The van der Waals surface area contributed by atoms with E-state index in [1.165, 1.54) is 19.3 Å². The second-order valence-corrected chi connectivity index (χ2v) is 3.85. The zero-order chi connectivity index (χ0) is 9.45. The van der Waals surface area contributed by atoms with Crippen LogP contribution in [0.5, 0.6) is 0 Å². The van der Waals surface area contributed by atoms with Gasteiger partial charge in [0.15, 0.2) is 0 Å². The first-order valence-electron chi connectivity index (χ1n) is 4.82. The lowest BCUT2D eigenvalue weighted by atomic mass is 9.83. The van der Waals surface area contributed by atoms with E-state index in [1.807, 2.05) is 7.05 Å². The van der Waals surface area contributed by atoms with Crippen LogP contribution in [0.25, 0.3) is 0 Å². The van der Waals surface area contributed by atoms with Gasteiger partial charge in [-0.05, 0) is 31.8 Å². The maximum absolute atomic E-state index is 5.23. The van der Waals surface area contributed by atoms with Crippen LogP contribution in [-0.2, 0) is 4.74 Å². The second kappa shape index (κ2) is 6.44. The van der Waals surface area contributed by atoms with Crippen molar-refractivity contribution >= 4 is 0 Å². The molecule has 74 valence electrons. The zero-order valence-electron chi connectivity index (χ0n) is 8.94. The van der Waals surface area contributed by atoms with Crippen LogP contribution in [0, 0.1) is 5.41 Å². The van der Waals surface area contributed by atoms with E-state index in [1.54, 1.807) is 7.11 Å². The van der Waals surface area contributed by atoms with Gasteiger partial charge in [-0.1, -0.05) is 20.3 Å². The summed E-state index contributed by atoms with van der Waals surface area (Å²) in [6.07, 6.45) is 3.69. The molecule has 0 saturated heterocycles. The summed E-state index contributed by atoms with van der Waals surface area (Å²) in [7, 11) is 3.78. The normalized spacial score (nSPS) is 16.0. The first-order chi connectivity index (χ1) is 5.68. The Morgan fingerprint density at radius 3 is 2.42 bits per heavy atom. The fourth-order valence-electron chi connectivity index (χ4n) is 1.65. The van der Waals surface area contributed by atoms with E-state index in [-0.39, 0.29) is 0 Å². The van der Waals surface area contributed by atoms with Gasteiger partial charge in [-0.3, -0.25) is 0 Å². The molecule has 0 saturated carbocycles. The molecule has 2 nitrogen and oxygen atoms in total. The van der Waals surface area contributed by atoms with Gasteiger partial charge in [-0.15, -0.1) is 0 Å². The molecule has 1 unspecified atom stereocenters. The first-order valence-corrected chi connectivity index (χ1v) is 4.82. The Balaban J connectivity index is 3.80. The average molecular weight is 173 g/mol. The molecular weight excluding hydrogens is 150 g/mol. The minimum Gasteiger partial charge on any atom is -0.384 e. The molecule has 0 fully saturated rings. The predicted octanol–water partition coefficient (Wildman–Crippen LogP) is 2.05. The van der Waals surface area contributed by atoms with Crippen LogP contribution in [0.1, 0.15) is 33.1 Å². The van der Waals surface area contributed by atoms with Gasteiger partial charge in [0.1, 0.15) is 0 Å². The Morgan fingerprint density at radius 1 is 1.33 bits per heavy atom. The van der Waals surface area contributed by atoms with E-state index >= 15 is 0 Å². The molecule has 0 aliphatic carbocycles. The highest BCUT2D eigenvalue weighted by Crippen LogP contribution is 2.27. The molecule has 0 spiro atoms. The van der Waals surface area contributed by atoms with Gasteiger partial charge in [-0.25, -0.2) is 0 Å². The monoisotopic (exact) mass is 173 g/mol. The van der Waals surface area contributed by atoms with E-state index in [0.29, 0.717) is 5.41 Å². The summed E-state index contributed by atoms with van der Waals surface area (Å²) >= 11 is 0. The van der Waals surface area contributed by atoms with Crippen molar-refractivity contribution in [1.82, 2.24) is 5.32 Å². The SMILES string of the molecule is CCCC(C)(CCNC)COC. The van der Waals surface area contributed by atoms with Crippen LogP contribution in [0.4, 0.5) is 0 Å². The molecule has 1 atom stereocenters. The third-order valence-electron chi connectivity index (χ3n) is 2.32. The van der Waals surface area contributed by atoms with Gasteiger partial charge >= 0.3 is 0 Å². The molecule has 0 radical (unpaired) electrons. The Hall–Kier alpha value is -0.0800. The van der Waals surface area contributed by atoms with E-state index in [9.17, 15) is 0 Å². The minimum atomic E-state index is 0.368. The minimum absolute atomic E-state index is 0.368. The van der Waals surface area contributed by atoms with Gasteiger partial charge in [0.25, 0.3) is 0 Å². The Morgan fingerprint density at radius 2 is 2.00 bits per heavy atom. The lowest BCUT2D eigenvalue weighted by molar-refractivity contribution is 0.0785. The number of hydrogen-bond acceptors (Lipinski definition) is 2. The van der Waals surface area contributed by atoms with E-state index in [0.717, 1.165) is 13.2 Å². The standard InChI is InChI=1S/C10H23NO/c1-5-6-10(2,9-12-4)7-8-11-3/h11H,5-9H2,1-4H3. The summed E-state index contributed by atoms with van der Waals surface area (Å²) in [5.41, 5.74) is 0.368. The number of hydrogen-bond donors (Lipinski definition) is 1. The van der Waals surface area contributed by atoms with Crippen molar-refractivity contribution in [2.45, 2.75) is 33.1 Å². The fraction of sp³-hybridized carbons (Fsp3) is 1.00. The lowest BCUT2D eigenvalue weighted by Gasteiger charge is -2.28. The summed E-state index contributed by atoms with van der Waals surface area (Å²) in [5, 5.41) is 3.18. The summed E-state index contributed by atoms with van der Waals surface area (Å²) in [4.78, 5) is 0. The number of methoxy groups -OCH3 is 1.